The zero-order valence-corrected chi connectivity index (χ0v) is 15.9. The molecule has 2 aromatic heterocycles. The van der Waals surface area contributed by atoms with Gasteiger partial charge in [0.1, 0.15) is 0 Å². The van der Waals surface area contributed by atoms with Crippen molar-refractivity contribution in [2.45, 2.75) is 11.3 Å². The van der Waals surface area contributed by atoms with Gasteiger partial charge in [0.15, 0.2) is 11.0 Å². The Balaban J connectivity index is 1.72. The molecule has 0 atom stereocenters. The van der Waals surface area contributed by atoms with E-state index in [1.807, 2.05) is 0 Å². The zero-order chi connectivity index (χ0) is 20.3. The van der Waals surface area contributed by atoms with Crippen LogP contribution in [-0.4, -0.2) is 31.4 Å². The first kappa shape index (κ1) is 20.2. The summed E-state index contributed by atoms with van der Waals surface area (Å²) in [4.78, 5) is 15.8. The lowest BCUT2D eigenvalue weighted by Gasteiger charge is -2.11. The number of hydrogen-bond donors (Lipinski definition) is 1. The van der Waals surface area contributed by atoms with Crippen LogP contribution in [0.2, 0.25) is 5.02 Å². The predicted molar refractivity (Wildman–Crippen MR) is 100 cm³/mol. The molecule has 146 valence electrons. The number of benzene rings is 1. The van der Waals surface area contributed by atoms with Gasteiger partial charge in [-0.1, -0.05) is 23.4 Å². The van der Waals surface area contributed by atoms with Gasteiger partial charge in [-0.2, -0.15) is 13.2 Å². The summed E-state index contributed by atoms with van der Waals surface area (Å²) in [7, 11) is 1.53. The van der Waals surface area contributed by atoms with Crippen molar-refractivity contribution in [1.29, 1.82) is 0 Å². The normalized spacial score (nSPS) is 11.5. The molecule has 11 heteroatoms. The Morgan fingerprint density at radius 1 is 1.21 bits per heavy atom. The molecule has 3 aromatic rings. The van der Waals surface area contributed by atoms with Crippen LogP contribution < -0.4 is 5.32 Å². The Morgan fingerprint density at radius 3 is 2.61 bits per heavy atom. The third kappa shape index (κ3) is 4.63. The van der Waals surface area contributed by atoms with Gasteiger partial charge in [0.05, 0.1) is 11.3 Å². The van der Waals surface area contributed by atoms with Crippen LogP contribution in [0.15, 0.2) is 47.9 Å². The third-order valence-corrected chi connectivity index (χ3v) is 4.93. The Hall–Kier alpha value is -2.59. The molecule has 0 aliphatic rings. The molecule has 1 amide bonds. The van der Waals surface area contributed by atoms with Gasteiger partial charge < -0.3 is 9.88 Å². The van der Waals surface area contributed by atoms with Crippen molar-refractivity contribution < 1.29 is 18.0 Å². The number of anilines is 1. The number of pyridine rings is 1. The largest absolute Gasteiger partial charge is 0.417 e. The zero-order valence-electron chi connectivity index (χ0n) is 14.4. The van der Waals surface area contributed by atoms with Gasteiger partial charge in [-0.25, -0.2) is 0 Å². The molecule has 2 heterocycles. The number of amides is 1. The van der Waals surface area contributed by atoms with Crippen molar-refractivity contribution in [2.75, 3.05) is 11.1 Å². The fourth-order valence-corrected chi connectivity index (χ4v) is 3.19. The first-order valence-corrected chi connectivity index (χ1v) is 9.21. The van der Waals surface area contributed by atoms with E-state index < -0.39 is 11.7 Å². The molecule has 0 fully saturated rings. The van der Waals surface area contributed by atoms with Gasteiger partial charge in [-0.3, -0.25) is 9.78 Å². The maximum absolute atomic E-state index is 13.2. The first-order chi connectivity index (χ1) is 13.3. The average Bonchev–Trinajstić information content (AvgIpc) is 3.02. The summed E-state index contributed by atoms with van der Waals surface area (Å²) in [5, 5.41) is 11.3. The lowest BCUT2D eigenvalue weighted by molar-refractivity contribution is -0.137. The van der Waals surface area contributed by atoms with Crippen molar-refractivity contribution >= 4 is 35.0 Å². The molecular formula is C17H13ClF3N5OS. The topological polar surface area (TPSA) is 72.7 Å². The minimum Gasteiger partial charge on any atom is -0.325 e. The first-order valence-electron chi connectivity index (χ1n) is 7.85. The van der Waals surface area contributed by atoms with E-state index in [0.717, 1.165) is 30.2 Å². The van der Waals surface area contributed by atoms with Crippen LogP contribution in [0, 0.1) is 0 Å². The summed E-state index contributed by atoms with van der Waals surface area (Å²) in [5.74, 6) is -0.274. The molecule has 3 rings (SSSR count). The number of carbonyl (C=O) groups excluding carboxylic acids is 1. The summed E-state index contributed by atoms with van der Waals surface area (Å²) in [5.41, 5.74) is -0.448. The molecule has 6 nitrogen and oxygen atoms in total. The number of nitrogens with one attached hydrogen (secondary N) is 1. The van der Waals surface area contributed by atoms with Gasteiger partial charge in [-0.15, -0.1) is 10.2 Å². The van der Waals surface area contributed by atoms with Crippen LogP contribution in [0.3, 0.4) is 0 Å². The molecule has 1 aromatic carbocycles. The third-order valence-electron chi connectivity index (χ3n) is 3.66. The number of hydrogen-bond acceptors (Lipinski definition) is 5. The second-order valence-corrected chi connectivity index (χ2v) is 7.01. The quantitative estimate of drug-likeness (QED) is 0.615. The minimum absolute atomic E-state index is 0.00771. The standard InChI is InChI=1S/C17H13ClF3N5OS/c1-26-15(12-8-22-7-6-13(12)17(19,20)21)24-25-16(26)28-9-14(27)23-11-4-2-10(18)3-5-11/h2-8H,9H2,1H3,(H,23,27). The molecule has 1 N–H and O–H groups in total. The summed E-state index contributed by atoms with van der Waals surface area (Å²) in [6.45, 7) is 0. The SMILES string of the molecule is Cn1c(SCC(=O)Nc2ccc(Cl)cc2)nnc1-c1cnccc1C(F)(F)F. The number of halogens is 4. The fourth-order valence-electron chi connectivity index (χ4n) is 2.36. The van der Waals surface area contributed by atoms with Crippen LogP contribution in [0.4, 0.5) is 18.9 Å². The van der Waals surface area contributed by atoms with E-state index in [9.17, 15) is 18.0 Å². The number of thioether (sulfide) groups is 1. The van der Waals surface area contributed by atoms with Crippen LogP contribution in [0.25, 0.3) is 11.4 Å². The number of alkyl halides is 3. The highest BCUT2D eigenvalue weighted by Gasteiger charge is 2.35. The monoisotopic (exact) mass is 427 g/mol. The molecule has 0 aliphatic carbocycles. The average molecular weight is 428 g/mol. The Kier molecular flexibility index (Phi) is 5.90. The Bertz CT molecular complexity index is 991. The number of rotatable bonds is 5. The van der Waals surface area contributed by atoms with Gasteiger partial charge in [0.25, 0.3) is 0 Å². The van der Waals surface area contributed by atoms with Crippen molar-refractivity contribution in [3.63, 3.8) is 0 Å². The molecule has 28 heavy (non-hydrogen) atoms. The van der Waals surface area contributed by atoms with Crippen LogP contribution in [0.5, 0.6) is 0 Å². The van der Waals surface area contributed by atoms with E-state index in [1.54, 1.807) is 24.3 Å². The smallest absolute Gasteiger partial charge is 0.325 e. The van der Waals surface area contributed by atoms with Crippen molar-refractivity contribution in [1.82, 2.24) is 19.7 Å². The molecule has 0 radical (unpaired) electrons. The van der Waals surface area contributed by atoms with Gasteiger partial charge in [0, 0.05) is 35.7 Å². The van der Waals surface area contributed by atoms with Crippen molar-refractivity contribution in [3.8, 4) is 11.4 Å². The highest BCUT2D eigenvalue weighted by molar-refractivity contribution is 7.99. The second-order valence-electron chi connectivity index (χ2n) is 5.63. The van der Waals surface area contributed by atoms with E-state index in [4.69, 9.17) is 11.6 Å². The maximum atomic E-state index is 13.2. The highest BCUT2D eigenvalue weighted by atomic mass is 35.5. The van der Waals surface area contributed by atoms with Gasteiger partial charge in [0.2, 0.25) is 5.91 Å². The van der Waals surface area contributed by atoms with Gasteiger partial charge in [-0.05, 0) is 30.3 Å². The highest BCUT2D eigenvalue weighted by Crippen LogP contribution is 2.36. The molecule has 0 aliphatic heterocycles. The minimum atomic E-state index is -4.55. The summed E-state index contributed by atoms with van der Waals surface area (Å²) in [6, 6.07) is 7.49. The maximum Gasteiger partial charge on any atom is 0.417 e. The number of aromatic nitrogens is 4. The summed E-state index contributed by atoms with van der Waals surface area (Å²) in [6.07, 6.45) is -2.38. The van der Waals surface area contributed by atoms with Gasteiger partial charge >= 0.3 is 6.18 Å². The molecule has 0 unspecified atom stereocenters. The number of nitrogens with zero attached hydrogens (tertiary/aromatic N) is 4. The lowest BCUT2D eigenvalue weighted by Crippen LogP contribution is -2.14. The Labute approximate surface area is 167 Å². The van der Waals surface area contributed by atoms with Crippen LogP contribution in [-0.2, 0) is 18.0 Å². The number of carbonyl (C=O) groups is 1. The molecule has 0 saturated heterocycles. The molecular weight excluding hydrogens is 415 g/mol. The second kappa shape index (κ2) is 8.19. The predicted octanol–water partition coefficient (Wildman–Crippen LogP) is 4.28. The lowest BCUT2D eigenvalue weighted by atomic mass is 10.1. The van der Waals surface area contributed by atoms with Crippen LogP contribution in [0.1, 0.15) is 5.56 Å². The van der Waals surface area contributed by atoms with Crippen LogP contribution >= 0.6 is 23.4 Å². The van der Waals surface area contributed by atoms with E-state index in [-0.39, 0.29) is 23.0 Å². The molecule has 0 saturated carbocycles. The summed E-state index contributed by atoms with van der Waals surface area (Å²) < 4.78 is 41.0. The Morgan fingerprint density at radius 2 is 1.93 bits per heavy atom. The fraction of sp³-hybridized carbons (Fsp3) is 0.176. The molecule has 0 spiro atoms. The van der Waals surface area contributed by atoms with Crippen molar-refractivity contribution in [3.05, 3.63) is 53.3 Å². The van der Waals surface area contributed by atoms with E-state index in [1.165, 1.54) is 11.6 Å². The summed E-state index contributed by atoms with van der Waals surface area (Å²) >= 11 is 6.85. The van der Waals surface area contributed by atoms with E-state index in [2.05, 4.69) is 20.5 Å². The van der Waals surface area contributed by atoms with E-state index >= 15 is 0 Å². The molecule has 0 bridgehead atoms. The van der Waals surface area contributed by atoms with Crippen molar-refractivity contribution in [2.24, 2.45) is 7.05 Å². The van der Waals surface area contributed by atoms with E-state index in [0.29, 0.717) is 15.9 Å².